The van der Waals surface area contributed by atoms with Crippen molar-refractivity contribution in [1.82, 2.24) is 10.2 Å². The number of nitrogens with one attached hydrogen (secondary N) is 1. The Morgan fingerprint density at radius 1 is 1.42 bits per heavy atom. The predicted molar refractivity (Wildman–Crippen MR) is 53.0 cm³/mol. The molecule has 1 rings (SSSR count). The van der Waals surface area contributed by atoms with Gasteiger partial charge in [0.25, 0.3) is 0 Å². The van der Waals surface area contributed by atoms with Gasteiger partial charge >= 0.3 is 0 Å². The van der Waals surface area contributed by atoms with E-state index in [1.807, 2.05) is 13.0 Å². The maximum Gasteiger partial charge on any atom is 0.0303 e. The smallest absolute Gasteiger partial charge is 0.0303 e. The monoisotopic (exact) mass is 166 g/mol. The summed E-state index contributed by atoms with van der Waals surface area (Å²) < 4.78 is 0. The summed E-state index contributed by atoms with van der Waals surface area (Å²) in [7, 11) is 0. The molecule has 0 aliphatic carbocycles. The predicted octanol–water partition coefficient (Wildman–Crippen LogP) is 1.37. The zero-order chi connectivity index (χ0) is 8.81. The van der Waals surface area contributed by atoms with E-state index < -0.39 is 0 Å². The van der Waals surface area contributed by atoms with Gasteiger partial charge in [0.15, 0.2) is 0 Å². The van der Waals surface area contributed by atoms with Crippen molar-refractivity contribution in [1.29, 1.82) is 0 Å². The standard InChI is InChI=1S/C10H18N2/c1-3-5-10(2)12-8-4-6-11-7-9-12/h3,5,11H,2,4,6-9H2,1H3/b5-3+. The molecule has 1 fully saturated rings. The summed E-state index contributed by atoms with van der Waals surface area (Å²) >= 11 is 0. The fourth-order valence-corrected chi connectivity index (χ4v) is 1.43. The van der Waals surface area contributed by atoms with Gasteiger partial charge in [-0.2, -0.15) is 0 Å². The molecule has 1 aliphatic rings. The molecule has 1 heterocycles. The molecule has 1 aliphatic heterocycles. The lowest BCUT2D eigenvalue weighted by Crippen LogP contribution is -2.26. The summed E-state index contributed by atoms with van der Waals surface area (Å²) in [6.45, 7) is 10.5. The third kappa shape index (κ3) is 2.70. The molecule has 0 aromatic carbocycles. The molecule has 0 bridgehead atoms. The van der Waals surface area contributed by atoms with Crippen LogP contribution in [0.15, 0.2) is 24.4 Å². The third-order valence-corrected chi connectivity index (χ3v) is 2.11. The van der Waals surface area contributed by atoms with Crippen LogP contribution in [0, 0.1) is 0 Å². The molecule has 0 unspecified atom stereocenters. The molecule has 2 heteroatoms. The molecule has 1 N–H and O–H groups in total. The first-order valence-electron chi connectivity index (χ1n) is 4.62. The molecule has 1 saturated heterocycles. The quantitative estimate of drug-likeness (QED) is 0.623. The van der Waals surface area contributed by atoms with E-state index in [9.17, 15) is 0 Å². The zero-order valence-electron chi connectivity index (χ0n) is 7.84. The van der Waals surface area contributed by atoms with Crippen LogP contribution in [-0.4, -0.2) is 31.1 Å². The van der Waals surface area contributed by atoms with Crippen LogP contribution in [0.1, 0.15) is 13.3 Å². The molecule has 0 radical (unpaired) electrons. The molecular weight excluding hydrogens is 148 g/mol. The maximum atomic E-state index is 4.02. The van der Waals surface area contributed by atoms with Crippen molar-refractivity contribution in [2.45, 2.75) is 13.3 Å². The Kier molecular flexibility index (Phi) is 3.88. The van der Waals surface area contributed by atoms with Crippen LogP contribution in [0.2, 0.25) is 0 Å². The van der Waals surface area contributed by atoms with E-state index in [-0.39, 0.29) is 0 Å². The van der Waals surface area contributed by atoms with Gasteiger partial charge in [0.1, 0.15) is 0 Å². The third-order valence-electron chi connectivity index (χ3n) is 2.11. The molecule has 12 heavy (non-hydrogen) atoms. The van der Waals surface area contributed by atoms with Gasteiger partial charge in [0, 0.05) is 25.3 Å². The topological polar surface area (TPSA) is 15.3 Å². The van der Waals surface area contributed by atoms with Crippen molar-refractivity contribution >= 4 is 0 Å². The van der Waals surface area contributed by atoms with Crippen LogP contribution in [0.3, 0.4) is 0 Å². The Bertz CT molecular complexity index is 165. The van der Waals surface area contributed by atoms with Crippen LogP contribution in [-0.2, 0) is 0 Å². The lowest BCUT2D eigenvalue weighted by atomic mass is 10.3. The molecule has 0 spiro atoms. The minimum absolute atomic E-state index is 1.08. The SMILES string of the molecule is C=C(/C=C/C)N1CCCNCC1. The summed E-state index contributed by atoms with van der Waals surface area (Å²) in [5.41, 5.74) is 1.14. The van der Waals surface area contributed by atoms with Gasteiger partial charge in [0.2, 0.25) is 0 Å². The first-order valence-corrected chi connectivity index (χ1v) is 4.62. The van der Waals surface area contributed by atoms with Gasteiger partial charge in [-0.1, -0.05) is 12.7 Å². The van der Waals surface area contributed by atoms with Crippen LogP contribution in [0.4, 0.5) is 0 Å². The zero-order valence-corrected chi connectivity index (χ0v) is 7.84. The first-order chi connectivity index (χ1) is 5.84. The molecule has 0 aromatic heterocycles. The van der Waals surface area contributed by atoms with Gasteiger partial charge in [-0.25, -0.2) is 0 Å². The molecule has 0 atom stereocenters. The molecule has 68 valence electrons. The van der Waals surface area contributed by atoms with E-state index >= 15 is 0 Å². The summed E-state index contributed by atoms with van der Waals surface area (Å²) in [6, 6.07) is 0. The molecular formula is C10H18N2. The lowest BCUT2D eigenvalue weighted by molar-refractivity contribution is 0.380. The van der Waals surface area contributed by atoms with Crippen molar-refractivity contribution in [3.8, 4) is 0 Å². The first kappa shape index (κ1) is 9.33. The van der Waals surface area contributed by atoms with E-state index in [1.54, 1.807) is 0 Å². The van der Waals surface area contributed by atoms with Gasteiger partial charge in [0.05, 0.1) is 0 Å². The van der Waals surface area contributed by atoms with E-state index in [2.05, 4.69) is 22.9 Å². The van der Waals surface area contributed by atoms with Gasteiger partial charge < -0.3 is 10.2 Å². The fraction of sp³-hybridized carbons (Fsp3) is 0.600. The number of nitrogens with zero attached hydrogens (tertiary/aromatic N) is 1. The van der Waals surface area contributed by atoms with E-state index in [0.717, 1.165) is 31.9 Å². The molecule has 0 aromatic rings. The molecule has 0 amide bonds. The van der Waals surface area contributed by atoms with Crippen molar-refractivity contribution in [2.24, 2.45) is 0 Å². The van der Waals surface area contributed by atoms with Crippen LogP contribution in [0.25, 0.3) is 0 Å². The number of hydrogen-bond acceptors (Lipinski definition) is 2. The highest BCUT2D eigenvalue weighted by molar-refractivity contribution is 5.12. The van der Waals surface area contributed by atoms with Gasteiger partial charge in [-0.3, -0.25) is 0 Å². The van der Waals surface area contributed by atoms with Crippen molar-refractivity contribution in [3.05, 3.63) is 24.4 Å². The maximum absolute atomic E-state index is 4.02. The lowest BCUT2D eigenvalue weighted by Gasteiger charge is -2.22. The van der Waals surface area contributed by atoms with Crippen LogP contribution < -0.4 is 5.32 Å². The number of hydrogen-bond donors (Lipinski definition) is 1. The Morgan fingerprint density at radius 3 is 3.00 bits per heavy atom. The van der Waals surface area contributed by atoms with Crippen molar-refractivity contribution < 1.29 is 0 Å². The van der Waals surface area contributed by atoms with E-state index in [4.69, 9.17) is 0 Å². The average molecular weight is 166 g/mol. The Labute approximate surface area is 74.9 Å². The summed E-state index contributed by atoms with van der Waals surface area (Å²) in [6.07, 6.45) is 5.34. The summed E-state index contributed by atoms with van der Waals surface area (Å²) in [5.74, 6) is 0. The fourth-order valence-electron chi connectivity index (χ4n) is 1.43. The summed E-state index contributed by atoms with van der Waals surface area (Å²) in [4.78, 5) is 2.33. The van der Waals surface area contributed by atoms with Gasteiger partial charge in [-0.05, 0) is 26.0 Å². The Morgan fingerprint density at radius 2 is 2.25 bits per heavy atom. The number of rotatable bonds is 2. The highest BCUT2D eigenvalue weighted by Crippen LogP contribution is 2.05. The number of allylic oxidation sites excluding steroid dienone is 2. The minimum atomic E-state index is 1.08. The van der Waals surface area contributed by atoms with E-state index in [1.165, 1.54) is 6.42 Å². The molecule has 0 saturated carbocycles. The largest absolute Gasteiger partial charge is 0.371 e. The highest BCUT2D eigenvalue weighted by Gasteiger charge is 2.07. The average Bonchev–Trinajstić information content (AvgIpc) is 2.32. The summed E-state index contributed by atoms with van der Waals surface area (Å²) in [5, 5.41) is 3.37. The van der Waals surface area contributed by atoms with Crippen LogP contribution >= 0.6 is 0 Å². The Balaban J connectivity index is 2.42. The van der Waals surface area contributed by atoms with Crippen molar-refractivity contribution in [3.63, 3.8) is 0 Å². The second-order valence-electron chi connectivity index (χ2n) is 3.08. The van der Waals surface area contributed by atoms with Crippen LogP contribution in [0.5, 0.6) is 0 Å². The van der Waals surface area contributed by atoms with E-state index in [0.29, 0.717) is 0 Å². The van der Waals surface area contributed by atoms with Gasteiger partial charge in [-0.15, -0.1) is 0 Å². The minimum Gasteiger partial charge on any atom is -0.371 e. The highest BCUT2D eigenvalue weighted by atomic mass is 15.2. The molecule has 2 nitrogen and oxygen atoms in total. The second kappa shape index (κ2) is 4.99. The normalized spacial score (nSPS) is 19.6. The second-order valence-corrected chi connectivity index (χ2v) is 3.08. The van der Waals surface area contributed by atoms with Crippen molar-refractivity contribution in [2.75, 3.05) is 26.2 Å². The Hall–Kier alpha value is -0.760.